The highest BCUT2D eigenvalue weighted by Gasteiger charge is 2.54. The molecule has 0 aromatic carbocycles. The molecule has 0 amide bonds. The average molecular weight is 599 g/mol. The van der Waals surface area contributed by atoms with Crippen LogP contribution in [0.15, 0.2) is 17.4 Å². The van der Waals surface area contributed by atoms with E-state index in [1.165, 1.54) is 13.8 Å². The topological polar surface area (TPSA) is 170 Å². The summed E-state index contributed by atoms with van der Waals surface area (Å²) in [4.78, 5) is 59.0. The van der Waals surface area contributed by atoms with Crippen LogP contribution in [-0.4, -0.2) is 90.1 Å². The van der Waals surface area contributed by atoms with Gasteiger partial charge in [0.25, 0.3) is 0 Å². The Morgan fingerprint density at radius 3 is 1.93 bits per heavy atom. The molecule has 0 aromatic heterocycles. The number of rotatable bonds is 9. The zero-order valence-corrected chi connectivity index (χ0v) is 25.6. The van der Waals surface area contributed by atoms with Crippen LogP contribution in [0.4, 0.5) is 0 Å². The molecule has 0 unspecified atom stereocenters. The third kappa shape index (κ3) is 9.94. The van der Waals surface area contributed by atoms with Gasteiger partial charge in [-0.15, -0.1) is 5.73 Å². The molecular weight excluding hydrogens is 556 g/mol. The highest BCUT2D eigenvalue weighted by atomic mass is 16.7. The summed E-state index contributed by atoms with van der Waals surface area (Å²) in [7, 11) is 0. The molecule has 0 spiro atoms. The van der Waals surface area contributed by atoms with E-state index < -0.39 is 83.8 Å². The van der Waals surface area contributed by atoms with Gasteiger partial charge in [0.05, 0.1) is 11.7 Å². The molecule has 1 aliphatic heterocycles. The van der Waals surface area contributed by atoms with E-state index in [0.29, 0.717) is 12.0 Å². The predicted molar refractivity (Wildman–Crippen MR) is 143 cm³/mol. The average Bonchev–Trinajstić information content (AvgIpc) is 2.78. The molecule has 2 aliphatic rings. The van der Waals surface area contributed by atoms with Crippen LogP contribution in [0.1, 0.15) is 75.2 Å². The Bertz CT molecular complexity index is 1080. The standard InChI is InChI=1S/C29H42O13/c1-15(37-17(3)31)10-11-23-28(7,8)12-21(13-29(23,9)35)41-27-26(40-20(6)34)25(39-19(5)33)24(38-18(4)32)22(42-27)14-36-16(2)30/h10,15,21-22,24-27,35H,12-14H2,1-9H3/t11?,15-,21+,22-,24-,25+,26-,27-,29-/m1/s1. The molecule has 1 aliphatic carbocycles. The molecular formula is C29H42O13. The number of hydrogen-bond acceptors (Lipinski definition) is 13. The minimum atomic E-state index is -1.42. The Hall–Kier alpha value is -3.25. The SMILES string of the molecule is CC(=O)OC[C@H]1O[C@@H](O[C@H]2CC(C)(C)C(=C=C[C@@H](C)OC(C)=O)[C@](C)(O)C2)[C@H](OC(C)=O)[C@@H](OC(C)=O)[C@@H]1OC(C)=O. The predicted octanol–water partition coefficient (Wildman–Crippen LogP) is 2.06. The molecule has 1 saturated heterocycles. The zero-order chi connectivity index (χ0) is 32.0. The number of carbonyl (C=O) groups is 5. The molecule has 1 N–H and O–H groups in total. The summed E-state index contributed by atoms with van der Waals surface area (Å²) in [5.74, 6) is -3.33. The fourth-order valence-electron chi connectivity index (χ4n) is 5.45. The van der Waals surface area contributed by atoms with Crippen molar-refractivity contribution >= 4 is 29.8 Å². The monoisotopic (exact) mass is 598 g/mol. The number of aliphatic hydroxyl groups is 1. The summed E-state index contributed by atoms with van der Waals surface area (Å²) in [5, 5.41) is 11.5. The van der Waals surface area contributed by atoms with Crippen LogP contribution < -0.4 is 0 Å². The van der Waals surface area contributed by atoms with Crippen LogP contribution in [0, 0.1) is 5.41 Å². The summed E-state index contributed by atoms with van der Waals surface area (Å²) in [6, 6.07) is 0. The van der Waals surface area contributed by atoms with Crippen LogP contribution in [0.25, 0.3) is 0 Å². The van der Waals surface area contributed by atoms with Gasteiger partial charge in [0, 0.05) is 46.6 Å². The van der Waals surface area contributed by atoms with Gasteiger partial charge in [-0.25, -0.2) is 0 Å². The third-order valence-corrected chi connectivity index (χ3v) is 6.67. The molecule has 2 rings (SSSR count). The van der Waals surface area contributed by atoms with E-state index in [1.807, 2.05) is 13.8 Å². The van der Waals surface area contributed by atoms with E-state index in [-0.39, 0.29) is 13.0 Å². The van der Waals surface area contributed by atoms with Crippen molar-refractivity contribution in [1.29, 1.82) is 0 Å². The summed E-state index contributed by atoms with van der Waals surface area (Å²) >= 11 is 0. The van der Waals surface area contributed by atoms with Gasteiger partial charge < -0.3 is 38.3 Å². The normalized spacial score (nSPS) is 31.0. The van der Waals surface area contributed by atoms with Crippen molar-refractivity contribution in [3.05, 3.63) is 17.4 Å². The van der Waals surface area contributed by atoms with Gasteiger partial charge in [-0.2, -0.15) is 0 Å². The summed E-state index contributed by atoms with van der Waals surface area (Å²) in [5.41, 5.74) is 1.58. The maximum absolute atomic E-state index is 12.1. The molecule has 0 bridgehead atoms. The van der Waals surface area contributed by atoms with E-state index in [4.69, 9.17) is 33.2 Å². The lowest BCUT2D eigenvalue weighted by Crippen LogP contribution is -2.63. The lowest BCUT2D eigenvalue weighted by atomic mass is 9.65. The van der Waals surface area contributed by atoms with Crippen molar-refractivity contribution in [2.75, 3.05) is 6.61 Å². The fourth-order valence-corrected chi connectivity index (χ4v) is 5.45. The molecule has 2 fully saturated rings. The first-order valence-corrected chi connectivity index (χ1v) is 13.7. The minimum absolute atomic E-state index is 0.0709. The maximum Gasteiger partial charge on any atom is 0.303 e. The molecule has 13 heteroatoms. The molecule has 1 saturated carbocycles. The van der Waals surface area contributed by atoms with E-state index in [9.17, 15) is 29.1 Å². The number of carbonyl (C=O) groups excluding carboxylic acids is 5. The van der Waals surface area contributed by atoms with Gasteiger partial charge in [0.1, 0.15) is 18.8 Å². The zero-order valence-electron chi connectivity index (χ0n) is 25.6. The van der Waals surface area contributed by atoms with Gasteiger partial charge >= 0.3 is 29.8 Å². The molecule has 1 heterocycles. The van der Waals surface area contributed by atoms with Crippen LogP contribution >= 0.6 is 0 Å². The van der Waals surface area contributed by atoms with Crippen molar-refractivity contribution in [3.8, 4) is 0 Å². The molecule has 236 valence electrons. The minimum Gasteiger partial charge on any atom is -0.463 e. The van der Waals surface area contributed by atoms with Crippen molar-refractivity contribution < 1.29 is 62.2 Å². The lowest BCUT2D eigenvalue weighted by Gasteiger charge is -2.48. The summed E-state index contributed by atoms with van der Waals surface area (Å²) in [6.07, 6.45) is -5.82. The van der Waals surface area contributed by atoms with Crippen molar-refractivity contribution in [1.82, 2.24) is 0 Å². The maximum atomic E-state index is 12.1. The van der Waals surface area contributed by atoms with Gasteiger partial charge in [-0.3, -0.25) is 24.0 Å². The van der Waals surface area contributed by atoms with Crippen LogP contribution in [0.3, 0.4) is 0 Å². The highest BCUT2D eigenvalue weighted by Crippen LogP contribution is 2.47. The number of esters is 5. The Morgan fingerprint density at radius 2 is 1.43 bits per heavy atom. The quantitative estimate of drug-likeness (QED) is 0.233. The molecule has 8 atom stereocenters. The third-order valence-electron chi connectivity index (χ3n) is 6.67. The van der Waals surface area contributed by atoms with E-state index in [2.05, 4.69) is 5.73 Å². The van der Waals surface area contributed by atoms with Crippen molar-refractivity contribution in [2.45, 2.75) is 124 Å². The Balaban J connectivity index is 2.46. The smallest absolute Gasteiger partial charge is 0.303 e. The number of hydrogen-bond donors (Lipinski definition) is 1. The second-order valence-corrected chi connectivity index (χ2v) is 11.4. The van der Waals surface area contributed by atoms with E-state index in [1.54, 1.807) is 19.9 Å². The lowest BCUT2D eigenvalue weighted by molar-refractivity contribution is -0.321. The molecule has 13 nitrogen and oxygen atoms in total. The van der Waals surface area contributed by atoms with E-state index >= 15 is 0 Å². The highest BCUT2D eigenvalue weighted by molar-refractivity contribution is 5.69. The molecule has 0 radical (unpaired) electrons. The Kier molecular flexibility index (Phi) is 11.9. The van der Waals surface area contributed by atoms with Crippen LogP contribution in [0.2, 0.25) is 0 Å². The van der Waals surface area contributed by atoms with Gasteiger partial charge in [-0.05, 0) is 31.8 Å². The Labute approximate surface area is 245 Å². The van der Waals surface area contributed by atoms with Crippen molar-refractivity contribution in [2.24, 2.45) is 5.41 Å². The second-order valence-electron chi connectivity index (χ2n) is 11.4. The first-order valence-electron chi connectivity index (χ1n) is 13.7. The summed E-state index contributed by atoms with van der Waals surface area (Å²) < 4.78 is 38.9. The second kappa shape index (κ2) is 14.3. The van der Waals surface area contributed by atoms with Crippen LogP contribution in [0.5, 0.6) is 0 Å². The van der Waals surface area contributed by atoms with Gasteiger partial charge in [-0.1, -0.05) is 13.8 Å². The largest absolute Gasteiger partial charge is 0.463 e. The Morgan fingerprint density at radius 1 is 0.881 bits per heavy atom. The van der Waals surface area contributed by atoms with Crippen molar-refractivity contribution in [3.63, 3.8) is 0 Å². The van der Waals surface area contributed by atoms with Crippen LogP contribution in [-0.2, 0) is 57.1 Å². The summed E-state index contributed by atoms with van der Waals surface area (Å²) in [6.45, 7) is 12.6. The van der Waals surface area contributed by atoms with Gasteiger partial charge in [0.15, 0.2) is 24.6 Å². The number of ether oxygens (including phenoxy) is 7. The molecule has 42 heavy (non-hydrogen) atoms. The first kappa shape index (κ1) is 34.9. The fraction of sp³-hybridized carbons (Fsp3) is 0.724. The van der Waals surface area contributed by atoms with E-state index in [0.717, 1.165) is 20.8 Å². The first-order chi connectivity index (χ1) is 19.3. The molecule has 0 aromatic rings. The van der Waals surface area contributed by atoms with Gasteiger partial charge in [0.2, 0.25) is 0 Å².